The van der Waals surface area contributed by atoms with Crippen LogP contribution < -0.4 is 16.2 Å². The van der Waals surface area contributed by atoms with Gasteiger partial charge in [0, 0.05) is 38.2 Å². The van der Waals surface area contributed by atoms with Gasteiger partial charge in [0.2, 0.25) is 0 Å². The molecule has 0 aliphatic carbocycles. The van der Waals surface area contributed by atoms with E-state index in [1.54, 1.807) is 0 Å². The summed E-state index contributed by atoms with van der Waals surface area (Å²) in [6.45, 7) is 11.8. The molecule has 1 aliphatic rings. The average Bonchev–Trinajstić information content (AvgIpc) is 2.49. The van der Waals surface area contributed by atoms with E-state index in [0.717, 1.165) is 55.6 Å². The number of hydrogen-bond donors (Lipinski definition) is 2. The van der Waals surface area contributed by atoms with Crippen molar-refractivity contribution in [1.29, 1.82) is 0 Å². The summed E-state index contributed by atoms with van der Waals surface area (Å²) in [5.74, 6) is 8.18. The second-order valence-corrected chi connectivity index (χ2v) is 5.26. The largest absolute Gasteiger partial charge is 0.354 e. The first-order chi connectivity index (χ1) is 9.69. The quantitative estimate of drug-likeness (QED) is 0.622. The topological polar surface area (TPSA) is 70.3 Å². The predicted molar refractivity (Wildman–Crippen MR) is 82.9 cm³/mol. The number of piperazine rings is 1. The third-order valence-electron chi connectivity index (χ3n) is 3.83. The molecule has 1 aromatic heterocycles. The van der Waals surface area contributed by atoms with Crippen LogP contribution in [0.5, 0.6) is 0 Å². The average molecular weight is 278 g/mol. The molecule has 0 bridgehead atoms. The van der Waals surface area contributed by atoms with Crippen LogP contribution in [0.25, 0.3) is 0 Å². The fraction of sp³-hybridized carbons (Fsp3) is 0.714. The lowest BCUT2D eigenvalue weighted by atomic mass is 10.2. The van der Waals surface area contributed by atoms with Crippen molar-refractivity contribution < 1.29 is 0 Å². The molecule has 112 valence electrons. The third kappa shape index (κ3) is 3.19. The van der Waals surface area contributed by atoms with Crippen LogP contribution >= 0.6 is 0 Å². The Kier molecular flexibility index (Phi) is 5.14. The van der Waals surface area contributed by atoms with Crippen molar-refractivity contribution in [1.82, 2.24) is 14.9 Å². The molecular formula is C14H26N6. The number of nitrogens with one attached hydrogen (secondary N) is 1. The highest BCUT2D eigenvalue weighted by molar-refractivity contribution is 5.58. The Hall–Kier alpha value is -1.40. The van der Waals surface area contributed by atoms with E-state index in [9.17, 15) is 0 Å². The smallest absolute Gasteiger partial charge is 0.148 e. The van der Waals surface area contributed by atoms with Crippen LogP contribution in [0.1, 0.15) is 31.7 Å². The van der Waals surface area contributed by atoms with E-state index < -0.39 is 0 Å². The maximum atomic E-state index is 5.57. The van der Waals surface area contributed by atoms with Gasteiger partial charge >= 0.3 is 0 Å². The Morgan fingerprint density at radius 1 is 1.15 bits per heavy atom. The van der Waals surface area contributed by atoms with Gasteiger partial charge in [-0.05, 0) is 19.9 Å². The van der Waals surface area contributed by atoms with Crippen LogP contribution in [0.3, 0.4) is 0 Å². The summed E-state index contributed by atoms with van der Waals surface area (Å²) in [6, 6.07) is 0. The number of anilines is 2. The van der Waals surface area contributed by atoms with Crippen molar-refractivity contribution in [3.8, 4) is 0 Å². The minimum atomic E-state index is 0.739. The number of aromatic nitrogens is 2. The summed E-state index contributed by atoms with van der Waals surface area (Å²) < 4.78 is 0. The van der Waals surface area contributed by atoms with E-state index in [-0.39, 0.29) is 0 Å². The molecule has 6 heteroatoms. The highest BCUT2D eigenvalue weighted by atomic mass is 15.3. The first-order valence-corrected chi connectivity index (χ1v) is 7.51. The van der Waals surface area contributed by atoms with Crippen LogP contribution in [0.4, 0.5) is 11.6 Å². The fourth-order valence-corrected chi connectivity index (χ4v) is 2.66. The van der Waals surface area contributed by atoms with Crippen LogP contribution in [-0.4, -0.2) is 47.6 Å². The third-order valence-corrected chi connectivity index (χ3v) is 3.83. The van der Waals surface area contributed by atoms with Crippen molar-refractivity contribution >= 4 is 11.6 Å². The Morgan fingerprint density at radius 3 is 2.40 bits per heavy atom. The van der Waals surface area contributed by atoms with Gasteiger partial charge in [0.25, 0.3) is 0 Å². The molecular weight excluding hydrogens is 252 g/mol. The maximum Gasteiger partial charge on any atom is 0.148 e. The fourth-order valence-electron chi connectivity index (χ4n) is 2.66. The summed E-state index contributed by atoms with van der Waals surface area (Å²) in [7, 11) is 0. The molecule has 0 spiro atoms. The minimum absolute atomic E-state index is 0.739. The van der Waals surface area contributed by atoms with Crippen molar-refractivity contribution in [2.24, 2.45) is 5.84 Å². The normalized spacial score (nSPS) is 16.5. The zero-order valence-electron chi connectivity index (χ0n) is 12.8. The number of nitrogen functional groups attached to an aromatic ring is 1. The standard InChI is InChI=1S/C14H26N6/c1-4-6-19-7-9-20(10-8-19)14-11(3)13(18-15)16-12(5-2)17-14/h4-10,15H2,1-3H3,(H,16,17,18). The molecule has 1 saturated heterocycles. The van der Waals surface area contributed by atoms with Crippen LogP contribution in [-0.2, 0) is 6.42 Å². The van der Waals surface area contributed by atoms with Gasteiger partial charge < -0.3 is 10.3 Å². The van der Waals surface area contributed by atoms with E-state index in [0.29, 0.717) is 0 Å². The molecule has 0 aromatic carbocycles. The Bertz CT molecular complexity index is 440. The van der Waals surface area contributed by atoms with Crippen molar-refractivity contribution in [3.63, 3.8) is 0 Å². The van der Waals surface area contributed by atoms with E-state index >= 15 is 0 Å². The highest BCUT2D eigenvalue weighted by Gasteiger charge is 2.21. The zero-order chi connectivity index (χ0) is 14.5. The number of nitrogens with zero attached hydrogens (tertiary/aromatic N) is 4. The Balaban J connectivity index is 2.16. The lowest BCUT2D eigenvalue weighted by molar-refractivity contribution is 0.258. The van der Waals surface area contributed by atoms with Gasteiger partial charge in [0.15, 0.2) is 0 Å². The summed E-state index contributed by atoms with van der Waals surface area (Å²) in [5.41, 5.74) is 3.73. The van der Waals surface area contributed by atoms with Gasteiger partial charge in [0.05, 0.1) is 0 Å². The molecule has 1 aliphatic heterocycles. The van der Waals surface area contributed by atoms with Gasteiger partial charge in [-0.15, -0.1) is 0 Å². The zero-order valence-corrected chi connectivity index (χ0v) is 12.8. The number of nitrogens with two attached hydrogens (primary N) is 1. The van der Waals surface area contributed by atoms with Crippen molar-refractivity contribution in [2.75, 3.05) is 43.0 Å². The molecule has 6 nitrogen and oxygen atoms in total. The second kappa shape index (κ2) is 6.85. The summed E-state index contributed by atoms with van der Waals surface area (Å²) in [6.07, 6.45) is 2.03. The van der Waals surface area contributed by atoms with Gasteiger partial charge in [-0.25, -0.2) is 15.8 Å². The van der Waals surface area contributed by atoms with Gasteiger partial charge in [0.1, 0.15) is 17.5 Å². The molecule has 0 unspecified atom stereocenters. The van der Waals surface area contributed by atoms with Crippen molar-refractivity contribution in [3.05, 3.63) is 11.4 Å². The van der Waals surface area contributed by atoms with Crippen LogP contribution in [0.2, 0.25) is 0 Å². The van der Waals surface area contributed by atoms with E-state index in [1.165, 1.54) is 13.0 Å². The molecule has 0 radical (unpaired) electrons. The van der Waals surface area contributed by atoms with Crippen molar-refractivity contribution in [2.45, 2.75) is 33.6 Å². The lowest BCUT2D eigenvalue weighted by Gasteiger charge is -2.36. The number of hydrazine groups is 1. The SMILES string of the molecule is CCCN1CCN(c2nc(CC)nc(NN)c2C)CC1. The Labute approximate surface area is 121 Å². The molecule has 1 fully saturated rings. The van der Waals surface area contributed by atoms with Crippen LogP contribution in [0.15, 0.2) is 0 Å². The van der Waals surface area contributed by atoms with Gasteiger partial charge in [-0.1, -0.05) is 13.8 Å². The number of hydrogen-bond acceptors (Lipinski definition) is 6. The lowest BCUT2D eigenvalue weighted by Crippen LogP contribution is -2.47. The summed E-state index contributed by atoms with van der Waals surface area (Å²) in [4.78, 5) is 14.0. The first kappa shape index (κ1) is 15.0. The molecule has 2 heterocycles. The van der Waals surface area contributed by atoms with E-state index in [4.69, 9.17) is 10.8 Å². The predicted octanol–water partition coefficient (Wildman–Crippen LogP) is 1.17. The minimum Gasteiger partial charge on any atom is -0.354 e. The van der Waals surface area contributed by atoms with Gasteiger partial charge in [-0.3, -0.25) is 4.90 Å². The second-order valence-electron chi connectivity index (χ2n) is 5.26. The maximum absolute atomic E-state index is 5.57. The van der Waals surface area contributed by atoms with Crippen LogP contribution in [0, 0.1) is 6.92 Å². The van der Waals surface area contributed by atoms with E-state index in [2.05, 4.69) is 34.1 Å². The molecule has 0 saturated carbocycles. The molecule has 0 atom stereocenters. The monoisotopic (exact) mass is 278 g/mol. The van der Waals surface area contributed by atoms with E-state index in [1.807, 2.05) is 6.92 Å². The Morgan fingerprint density at radius 2 is 1.85 bits per heavy atom. The summed E-state index contributed by atoms with van der Waals surface area (Å²) in [5, 5.41) is 0. The molecule has 20 heavy (non-hydrogen) atoms. The molecule has 1 aromatic rings. The molecule has 3 N–H and O–H groups in total. The van der Waals surface area contributed by atoms with Gasteiger partial charge in [-0.2, -0.15) is 0 Å². The number of rotatable bonds is 5. The first-order valence-electron chi connectivity index (χ1n) is 7.51. The summed E-state index contributed by atoms with van der Waals surface area (Å²) >= 11 is 0. The molecule has 0 amide bonds. The highest BCUT2D eigenvalue weighted by Crippen LogP contribution is 2.24. The molecule has 2 rings (SSSR count). The number of aryl methyl sites for hydroxylation is 1.